The molecule has 0 spiro atoms. The maximum atomic E-state index is 12.2. The van der Waals surface area contributed by atoms with E-state index in [1.54, 1.807) is 0 Å². The van der Waals surface area contributed by atoms with Crippen molar-refractivity contribution in [1.82, 2.24) is 5.32 Å². The van der Waals surface area contributed by atoms with Crippen molar-refractivity contribution in [2.45, 2.75) is 51.0 Å². The number of benzene rings is 2. The van der Waals surface area contributed by atoms with Gasteiger partial charge in [-0.2, -0.15) is 0 Å². The predicted molar refractivity (Wildman–Crippen MR) is 96.7 cm³/mol. The Bertz CT molecular complexity index is 645. The average Bonchev–Trinajstić information content (AvgIpc) is 2.54. The van der Waals surface area contributed by atoms with E-state index in [-0.39, 0.29) is 5.91 Å². The molecule has 2 N–H and O–H groups in total. The van der Waals surface area contributed by atoms with Crippen LogP contribution in [0.3, 0.4) is 0 Å². The molecule has 0 unspecified atom stereocenters. The van der Waals surface area contributed by atoms with Crippen molar-refractivity contribution in [3.63, 3.8) is 0 Å². The van der Waals surface area contributed by atoms with E-state index in [0.29, 0.717) is 12.6 Å². The predicted octanol–water partition coefficient (Wildman–Crippen LogP) is 4.48. The maximum Gasteiger partial charge on any atom is 0.238 e. The molecule has 0 radical (unpaired) electrons. The summed E-state index contributed by atoms with van der Waals surface area (Å²) in [6.07, 6.45) is 9.00. The Labute approximate surface area is 138 Å². The van der Waals surface area contributed by atoms with Gasteiger partial charge in [-0.3, -0.25) is 4.79 Å². The highest BCUT2D eigenvalue weighted by Crippen LogP contribution is 2.19. The van der Waals surface area contributed by atoms with E-state index < -0.39 is 0 Å². The third-order valence-electron chi connectivity index (χ3n) is 4.69. The van der Waals surface area contributed by atoms with Crippen molar-refractivity contribution < 1.29 is 4.79 Å². The van der Waals surface area contributed by atoms with Gasteiger partial charge in [-0.15, -0.1) is 0 Å². The largest absolute Gasteiger partial charge is 0.325 e. The van der Waals surface area contributed by atoms with E-state index >= 15 is 0 Å². The highest BCUT2D eigenvalue weighted by Gasteiger charge is 2.12. The Morgan fingerprint density at radius 2 is 1.61 bits per heavy atom. The molecule has 0 heterocycles. The van der Waals surface area contributed by atoms with Crippen LogP contribution in [0, 0.1) is 0 Å². The Morgan fingerprint density at radius 1 is 0.913 bits per heavy atom. The number of hydrogen-bond acceptors (Lipinski definition) is 2. The van der Waals surface area contributed by atoms with Crippen LogP contribution in [0.4, 0.5) is 5.69 Å². The van der Waals surface area contributed by atoms with Crippen LogP contribution < -0.4 is 10.6 Å². The fourth-order valence-electron chi connectivity index (χ4n) is 3.37. The lowest BCUT2D eigenvalue weighted by molar-refractivity contribution is -0.115. The fourth-order valence-corrected chi connectivity index (χ4v) is 3.37. The molecule has 0 aromatic heterocycles. The monoisotopic (exact) mass is 310 g/mol. The second kappa shape index (κ2) is 8.11. The van der Waals surface area contributed by atoms with Crippen LogP contribution in [-0.2, 0) is 4.79 Å². The SMILES string of the molecule is O=C(CNC1CCCCCCC1)Nc1ccc2ccccc2c1. The highest BCUT2D eigenvalue weighted by atomic mass is 16.1. The first-order valence-corrected chi connectivity index (χ1v) is 8.83. The molecule has 2 aromatic rings. The summed E-state index contributed by atoms with van der Waals surface area (Å²) < 4.78 is 0. The number of amides is 1. The van der Waals surface area contributed by atoms with Crippen molar-refractivity contribution in [3.8, 4) is 0 Å². The Morgan fingerprint density at radius 3 is 2.39 bits per heavy atom. The van der Waals surface area contributed by atoms with Crippen LogP contribution in [0.25, 0.3) is 10.8 Å². The van der Waals surface area contributed by atoms with Crippen molar-refractivity contribution >= 4 is 22.4 Å². The number of nitrogens with one attached hydrogen (secondary N) is 2. The lowest BCUT2D eigenvalue weighted by Gasteiger charge is -2.20. The summed E-state index contributed by atoms with van der Waals surface area (Å²) >= 11 is 0. The molecule has 1 saturated carbocycles. The normalized spacial score (nSPS) is 16.7. The third-order valence-corrected chi connectivity index (χ3v) is 4.69. The topological polar surface area (TPSA) is 41.1 Å². The van der Waals surface area contributed by atoms with Gasteiger partial charge in [-0.25, -0.2) is 0 Å². The maximum absolute atomic E-state index is 12.2. The van der Waals surface area contributed by atoms with Gasteiger partial charge < -0.3 is 10.6 Å². The second-order valence-corrected chi connectivity index (χ2v) is 6.53. The van der Waals surface area contributed by atoms with Crippen LogP contribution in [0.2, 0.25) is 0 Å². The number of hydrogen-bond donors (Lipinski definition) is 2. The summed E-state index contributed by atoms with van der Waals surface area (Å²) in [6, 6.07) is 14.7. The summed E-state index contributed by atoms with van der Waals surface area (Å²) in [5.74, 6) is 0.0438. The molecule has 122 valence electrons. The van der Waals surface area contributed by atoms with Crippen LogP contribution in [0.5, 0.6) is 0 Å². The van der Waals surface area contributed by atoms with Gasteiger partial charge in [0.25, 0.3) is 0 Å². The summed E-state index contributed by atoms with van der Waals surface area (Å²) in [5.41, 5.74) is 0.869. The lowest BCUT2D eigenvalue weighted by atomic mass is 9.97. The number of fused-ring (bicyclic) bond motifs is 1. The molecule has 23 heavy (non-hydrogen) atoms. The van der Waals surface area contributed by atoms with Gasteiger partial charge in [0.05, 0.1) is 6.54 Å². The van der Waals surface area contributed by atoms with E-state index in [1.807, 2.05) is 30.3 Å². The molecule has 1 aliphatic rings. The summed E-state index contributed by atoms with van der Waals surface area (Å²) in [7, 11) is 0. The van der Waals surface area contributed by atoms with Gasteiger partial charge in [0, 0.05) is 11.7 Å². The summed E-state index contributed by atoms with van der Waals surface area (Å²) in [4.78, 5) is 12.2. The van der Waals surface area contributed by atoms with Gasteiger partial charge in [0.2, 0.25) is 5.91 Å². The molecule has 1 fully saturated rings. The zero-order chi connectivity index (χ0) is 15.9. The average molecular weight is 310 g/mol. The number of carbonyl (C=O) groups is 1. The summed E-state index contributed by atoms with van der Waals surface area (Å²) in [6.45, 7) is 0.400. The molecule has 0 bridgehead atoms. The Hall–Kier alpha value is -1.87. The molecular weight excluding hydrogens is 284 g/mol. The second-order valence-electron chi connectivity index (χ2n) is 6.53. The molecule has 3 rings (SSSR count). The first-order chi connectivity index (χ1) is 11.3. The molecule has 1 amide bonds. The van der Waals surface area contributed by atoms with E-state index in [2.05, 4.69) is 22.8 Å². The molecule has 0 atom stereocenters. The van der Waals surface area contributed by atoms with Crippen molar-refractivity contribution in [3.05, 3.63) is 42.5 Å². The Kier molecular flexibility index (Phi) is 5.65. The molecule has 2 aromatic carbocycles. The molecule has 1 aliphatic carbocycles. The van der Waals surface area contributed by atoms with E-state index in [1.165, 1.54) is 50.3 Å². The van der Waals surface area contributed by atoms with Gasteiger partial charge in [-0.05, 0) is 35.7 Å². The van der Waals surface area contributed by atoms with Crippen LogP contribution in [-0.4, -0.2) is 18.5 Å². The standard InChI is InChI=1S/C20H26N2O/c23-20(15-21-18-10-4-2-1-3-5-11-18)22-19-13-12-16-8-6-7-9-17(16)14-19/h6-9,12-14,18,21H,1-5,10-11,15H2,(H,22,23). The van der Waals surface area contributed by atoms with Crippen LogP contribution in [0.1, 0.15) is 44.9 Å². The van der Waals surface area contributed by atoms with Crippen molar-refractivity contribution in [2.24, 2.45) is 0 Å². The fraction of sp³-hybridized carbons (Fsp3) is 0.450. The van der Waals surface area contributed by atoms with E-state index in [9.17, 15) is 4.79 Å². The third kappa shape index (κ3) is 4.80. The number of rotatable bonds is 4. The zero-order valence-electron chi connectivity index (χ0n) is 13.7. The number of carbonyl (C=O) groups excluding carboxylic acids is 1. The quantitative estimate of drug-likeness (QED) is 0.874. The zero-order valence-corrected chi connectivity index (χ0v) is 13.7. The van der Waals surface area contributed by atoms with Crippen LogP contribution in [0.15, 0.2) is 42.5 Å². The van der Waals surface area contributed by atoms with Crippen molar-refractivity contribution in [1.29, 1.82) is 0 Å². The Balaban J connectivity index is 1.51. The first-order valence-electron chi connectivity index (χ1n) is 8.83. The smallest absolute Gasteiger partial charge is 0.238 e. The number of anilines is 1. The highest BCUT2D eigenvalue weighted by molar-refractivity contribution is 5.95. The lowest BCUT2D eigenvalue weighted by Crippen LogP contribution is -2.36. The van der Waals surface area contributed by atoms with Crippen LogP contribution >= 0.6 is 0 Å². The van der Waals surface area contributed by atoms with E-state index in [4.69, 9.17) is 0 Å². The molecule has 3 heteroatoms. The van der Waals surface area contributed by atoms with E-state index in [0.717, 1.165) is 11.1 Å². The summed E-state index contributed by atoms with van der Waals surface area (Å²) in [5, 5.41) is 8.78. The molecule has 0 aliphatic heterocycles. The minimum absolute atomic E-state index is 0.0438. The minimum Gasteiger partial charge on any atom is -0.325 e. The van der Waals surface area contributed by atoms with Gasteiger partial charge in [0.1, 0.15) is 0 Å². The molecule has 3 nitrogen and oxygen atoms in total. The minimum atomic E-state index is 0.0438. The van der Waals surface area contributed by atoms with Gasteiger partial charge >= 0.3 is 0 Å². The first kappa shape index (κ1) is 16.0. The van der Waals surface area contributed by atoms with Crippen molar-refractivity contribution in [2.75, 3.05) is 11.9 Å². The molecular formula is C20H26N2O. The molecule has 0 saturated heterocycles. The van der Waals surface area contributed by atoms with Gasteiger partial charge in [0.15, 0.2) is 0 Å². The van der Waals surface area contributed by atoms with Gasteiger partial charge in [-0.1, -0.05) is 62.4 Å².